The van der Waals surface area contributed by atoms with E-state index in [1.807, 2.05) is 0 Å². The molecular formula is C13H20N2O2. The second-order valence-electron chi connectivity index (χ2n) is 4.47. The van der Waals surface area contributed by atoms with Crippen molar-refractivity contribution in [1.29, 1.82) is 0 Å². The molecule has 0 bridgehead atoms. The first-order chi connectivity index (χ1) is 8.05. The van der Waals surface area contributed by atoms with Crippen molar-refractivity contribution in [2.45, 2.75) is 37.8 Å². The quantitative estimate of drug-likeness (QED) is 0.512. The summed E-state index contributed by atoms with van der Waals surface area (Å²) in [5.74, 6) is 0.0347. The highest BCUT2D eigenvalue weighted by molar-refractivity contribution is 5.78. The van der Waals surface area contributed by atoms with E-state index in [1.54, 1.807) is 18.2 Å². The molecule has 5 N–H and O–H groups in total. The monoisotopic (exact) mass is 236 g/mol. The zero-order valence-electron chi connectivity index (χ0n) is 9.93. The summed E-state index contributed by atoms with van der Waals surface area (Å²) in [6.07, 6.45) is 6.38. The number of aromatic hydroxyl groups is 1. The van der Waals surface area contributed by atoms with E-state index in [0.717, 1.165) is 12.8 Å². The van der Waals surface area contributed by atoms with Gasteiger partial charge in [-0.1, -0.05) is 31.4 Å². The van der Waals surface area contributed by atoms with Gasteiger partial charge in [0.25, 0.3) is 0 Å². The largest absolute Gasteiger partial charge is 0.507 e. The molecule has 4 heteroatoms. The summed E-state index contributed by atoms with van der Waals surface area (Å²) < 4.78 is 0. The van der Waals surface area contributed by atoms with Crippen LogP contribution >= 0.6 is 0 Å². The first-order valence-electron chi connectivity index (χ1n) is 5.86. The number of phenolic OH excluding ortho intramolecular Hbond substituents is 1. The highest BCUT2D eigenvalue weighted by atomic mass is 16.3. The van der Waals surface area contributed by atoms with Crippen molar-refractivity contribution in [3.05, 3.63) is 29.8 Å². The minimum Gasteiger partial charge on any atom is -0.507 e. The van der Waals surface area contributed by atoms with Crippen LogP contribution < -0.4 is 11.5 Å². The molecule has 94 valence electrons. The van der Waals surface area contributed by atoms with Crippen molar-refractivity contribution in [3.8, 4) is 5.75 Å². The molecule has 0 spiro atoms. The molecule has 0 saturated heterocycles. The normalized spacial score (nSPS) is 17.8. The number of carbonyl (C=O) groups excluding carboxylic acids is 1. The van der Waals surface area contributed by atoms with Crippen LogP contribution in [0.15, 0.2) is 24.3 Å². The lowest BCUT2D eigenvalue weighted by molar-refractivity contribution is 0.112. The Morgan fingerprint density at radius 3 is 2.06 bits per heavy atom. The second-order valence-corrected chi connectivity index (χ2v) is 4.47. The van der Waals surface area contributed by atoms with Gasteiger partial charge in [0.2, 0.25) is 0 Å². The van der Waals surface area contributed by atoms with Gasteiger partial charge in [-0.25, -0.2) is 0 Å². The summed E-state index contributed by atoms with van der Waals surface area (Å²) in [4.78, 5) is 10.1. The maximum absolute atomic E-state index is 10.1. The van der Waals surface area contributed by atoms with Crippen LogP contribution in [0, 0.1) is 0 Å². The number of nitrogens with two attached hydrogens (primary N) is 2. The van der Waals surface area contributed by atoms with Crippen LogP contribution in [-0.2, 0) is 0 Å². The molecule has 1 aromatic rings. The van der Waals surface area contributed by atoms with E-state index in [4.69, 9.17) is 16.6 Å². The number of carbonyl (C=O) groups is 1. The van der Waals surface area contributed by atoms with Gasteiger partial charge in [0.05, 0.1) is 11.2 Å². The molecule has 1 fully saturated rings. The predicted molar refractivity (Wildman–Crippen MR) is 67.7 cm³/mol. The van der Waals surface area contributed by atoms with Gasteiger partial charge in [0.15, 0.2) is 6.29 Å². The molecule has 0 atom stereocenters. The fourth-order valence-corrected chi connectivity index (χ4v) is 1.80. The van der Waals surface area contributed by atoms with Gasteiger partial charge < -0.3 is 16.6 Å². The van der Waals surface area contributed by atoms with Gasteiger partial charge in [-0.3, -0.25) is 4.79 Å². The summed E-state index contributed by atoms with van der Waals surface area (Å²) in [7, 11) is 0. The minimum absolute atomic E-state index is 0.0347. The maximum Gasteiger partial charge on any atom is 0.153 e. The van der Waals surface area contributed by atoms with Crippen molar-refractivity contribution in [1.82, 2.24) is 0 Å². The zero-order chi connectivity index (χ0) is 12.7. The standard InChI is InChI=1S/C7H6O2.C6H14N2/c8-5-6-3-1-2-4-7(6)9;7-6(8)4-2-1-3-5-6/h1-5,9H;1-5,7-8H2. The second kappa shape index (κ2) is 6.37. The lowest BCUT2D eigenvalue weighted by Gasteiger charge is -2.28. The number of aldehydes is 1. The van der Waals surface area contributed by atoms with Gasteiger partial charge in [0, 0.05) is 0 Å². The fourth-order valence-electron chi connectivity index (χ4n) is 1.80. The van der Waals surface area contributed by atoms with Gasteiger partial charge in [0.1, 0.15) is 5.75 Å². The van der Waals surface area contributed by atoms with E-state index in [-0.39, 0.29) is 11.4 Å². The molecule has 0 amide bonds. The molecule has 4 nitrogen and oxygen atoms in total. The highest BCUT2D eigenvalue weighted by Crippen LogP contribution is 2.20. The number of rotatable bonds is 1. The number of hydrogen-bond acceptors (Lipinski definition) is 4. The molecule has 0 heterocycles. The Morgan fingerprint density at radius 2 is 1.71 bits per heavy atom. The Balaban J connectivity index is 0.000000171. The molecule has 0 radical (unpaired) electrons. The summed E-state index contributed by atoms with van der Waals surface area (Å²) in [6, 6.07) is 6.40. The average molecular weight is 236 g/mol. The molecule has 2 rings (SSSR count). The number of benzene rings is 1. The van der Waals surface area contributed by atoms with Gasteiger partial charge in [-0.15, -0.1) is 0 Å². The van der Waals surface area contributed by atoms with Crippen molar-refractivity contribution < 1.29 is 9.90 Å². The smallest absolute Gasteiger partial charge is 0.153 e. The molecule has 0 aromatic heterocycles. The maximum atomic E-state index is 10.1. The van der Waals surface area contributed by atoms with E-state index in [9.17, 15) is 4.79 Å². The third-order valence-electron chi connectivity index (χ3n) is 2.85. The highest BCUT2D eigenvalue weighted by Gasteiger charge is 2.21. The van der Waals surface area contributed by atoms with Gasteiger partial charge >= 0.3 is 0 Å². The van der Waals surface area contributed by atoms with Crippen molar-refractivity contribution >= 4 is 6.29 Å². The van der Waals surface area contributed by atoms with Crippen molar-refractivity contribution in [2.75, 3.05) is 0 Å². The zero-order valence-corrected chi connectivity index (χ0v) is 9.93. The SMILES string of the molecule is NC1(N)CCCCC1.O=Cc1ccccc1O. The van der Waals surface area contributed by atoms with E-state index >= 15 is 0 Å². The van der Waals surface area contributed by atoms with Crippen LogP contribution in [-0.4, -0.2) is 17.1 Å². The van der Waals surface area contributed by atoms with E-state index in [0.29, 0.717) is 11.8 Å². The van der Waals surface area contributed by atoms with E-state index < -0.39 is 0 Å². The molecule has 1 aromatic carbocycles. The number of phenols is 1. The van der Waals surface area contributed by atoms with Crippen LogP contribution in [0.4, 0.5) is 0 Å². The molecule has 1 aliphatic rings. The Hall–Kier alpha value is -1.39. The van der Waals surface area contributed by atoms with E-state index in [2.05, 4.69) is 0 Å². The summed E-state index contributed by atoms with van der Waals surface area (Å²) in [6.45, 7) is 0. The minimum atomic E-state index is -0.321. The van der Waals surface area contributed by atoms with Crippen LogP contribution in [0.1, 0.15) is 42.5 Å². The predicted octanol–water partition coefficient (Wildman–Crippen LogP) is 1.77. The first-order valence-corrected chi connectivity index (χ1v) is 5.86. The molecule has 1 saturated carbocycles. The van der Waals surface area contributed by atoms with Crippen LogP contribution in [0.25, 0.3) is 0 Å². The molecule has 1 aliphatic carbocycles. The summed E-state index contributed by atoms with van der Waals surface area (Å²) >= 11 is 0. The molecule has 17 heavy (non-hydrogen) atoms. The lowest BCUT2D eigenvalue weighted by Crippen LogP contribution is -2.50. The first kappa shape index (κ1) is 13.7. The van der Waals surface area contributed by atoms with E-state index in [1.165, 1.54) is 25.3 Å². The van der Waals surface area contributed by atoms with Crippen molar-refractivity contribution in [3.63, 3.8) is 0 Å². The van der Waals surface area contributed by atoms with Gasteiger partial charge in [-0.2, -0.15) is 0 Å². The summed E-state index contributed by atoms with van der Waals surface area (Å²) in [5.41, 5.74) is 11.3. The Bertz CT molecular complexity index is 356. The average Bonchev–Trinajstić information content (AvgIpc) is 2.30. The molecule has 0 unspecified atom stereocenters. The Labute approximate surface area is 102 Å². The van der Waals surface area contributed by atoms with Crippen LogP contribution in [0.5, 0.6) is 5.75 Å². The topological polar surface area (TPSA) is 89.3 Å². The third kappa shape index (κ3) is 4.97. The van der Waals surface area contributed by atoms with Gasteiger partial charge in [-0.05, 0) is 25.0 Å². The molecular weight excluding hydrogens is 216 g/mol. The Kier molecular flexibility index (Phi) is 5.12. The third-order valence-corrected chi connectivity index (χ3v) is 2.85. The van der Waals surface area contributed by atoms with Crippen LogP contribution in [0.3, 0.4) is 0 Å². The van der Waals surface area contributed by atoms with Crippen LogP contribution in [0.2, 0.25) is 0 Å². The lowest BCUT2D eigenvalue weighted by atomic mass is 9.91. The number of hydrogen-bond donors (Lipinski definition) is 3. The molecule has 0 aliphatic heterocycles. The summed E-state index contributed by atoms with van der Waals surface area (Å²) in [5, 5.41) is 8.88. The fraction of sp³-hybridized carbons (Fsp3) is 0.462. The number of para-hydroxylation sites is 1. The Morgan fingerprint density at radius 1 is 1.12 bits per heavy atom. The van der Waals surface area contributed by atoms with Crippen molar-refractivity contribution in [2.24, 2.45) is 11.5 Å².